The van der Waals surface area contributed by atoms with Crippen molar-refractivity contribution in [1.82, 2.24) is 9.97 Å². The number of nitrogens with zero attached hydrogens (tertiary/aromatic N) is 3. The molecule has 1 N–H and O–H groups in total. The molecule has 0 unspecified atom stereocenters. The molecule has 0 saturated carbocycles. The molecule has 1 aliphatic heterocycles. The summed E-state index contributed by atoms with van der Waals surface area (Å²) in [6.45, 7) is 2.16. The quantitative estimate of drug-likeness (QED) is 0.934. The second-order valence-electron chi connectivity index (χ2n) is 5.14. The molecule has 1 aromatic carbocycles. The molecular weight excluding hydrogens is 264 g/mol. The van der Waals surface area contributed by atoms with Gasteiger partial charge in [0.05, 0.1) is 7.11 Å². The average molecular weight is 284 g/mol. The summed E-state index contributed by atoms with van der Waals surface area (Å²) in [5.74, 6) is 2.47. The minimum atomic E-state index is 0.628. The van der Waals surface area contributed by atoms with E-state index in [0.29, 0.717) is 5.95 Å². The Bertz CT molecular complexity index is 579. The molecule has 0 amide bonds. The molecule has 0 spiro atoms. The van der Waals surface area contributed by atoms with Crippen LogP contribution in [-0.2, 0) is 0 Å². The number of methoxy groups -OCH3 is 1. The summed E-state index contributed by atoms with van der Waals surface area (Å²) in [6, 6.07) is 9.71. The van der Waals surface area contributed by atoms with E-state index in [1.807, 2.05) is 36.5 Å². The lowest BCUT2D eigenvalue weighted by Crippen LogP contribution is -2.30. The molecule has 5 heteroatoms. The second-order valence-corrected chi connectivity index (χ2v) is 5.14. The van der Waals surface area contributed by atoms with Crippen molar-refractivity contribution in [1.29, 1.82) is 0 Å². The van der Waals surface area contributed by atoms with Crippen LogP contribution in [0.5, 0.6) is 5.75 Å². The molecule has 0 atom stereocenters. The third-order valence-corrected chi connectivity index (χ3v) is 3.67. The number of aromatic nitrogens is 2. The van der Waals surface area contributed by atoms with Gasteiger partial charge in [-0.15, -0.1) is 0 Å². The molecule has 3 rings (SSSR count). The maximum absolute atomic E-state index is 5.15. The van der Waals surface area contributed by atoms with E-state index >= 15 is 0 Å². The monoisotopic (exact) mass is 284 g/mol. The second kappa shape index (κ2) is 6.43. The van der Waals surface area contributed by atoms with Crippen LogP contribution in [0, 0.1) is 0 Å². The molecule has 1 saturated heterocycles. The van der Waals surface area contributed by atoms with Gasteiger partial charge >= 0.3 is 0 Å². The van der Waals surface area contributed by atoms with Crippen LogP contribution in [0.1, 0.15) is 19.3 Å². The molecule has 0 aliphatic carbocycles. The molecule has 2 aromatic rings. The maximum atomic E-state index is 5.15. The SMILES string of the molecule is COc1ccc(Nc2nccc(N3CCCCC3)n2)cc1. The number of anilines is 3. The number of hydrogen-bond acceptors (Lipinski definition) is 5. The molecular formula is C16H20N4O. The summed E-state index contributed by atoms with van der Waals surface area (Å²) in [6.07, 6.45) is 5.61. The average Bonchev–Trinajstić information content (AvgIpc) is 2.57. The first kappa shape index (κ1) is 13.7. The van der Waals surface area contributed by atoms with Crippen LogP contribution in [0.15, 0.2) is 36.5 Å². The Balaban J connectivity index is 1.72. The van der Waals surface area contributed by atoms with E-state index in [0.717, 1.165) is 30.3 Å². The van der Waals surface area contributed by atoms with Gasteiger partial charge in [-0.1, -0.05) is 0 Å². The largest absolute Gasteiger partial charge is 0.497 e. The van der Waals surface area contributed by atoms with Crippen molar-refractivity contribution in [3.05, 3.63) is 36.5 Å². The minimum absolute atomic E-state index is 0.628. The molecule has 5 nitrogen and oxygen atoms in total. The lowest BCUT2D eigenvalue weighted by Gasteiger charge is -2.27. The lowest BCUT2D eigenvalue weighted by molar-refractivity contribution is 0.415. The van der Waals surface area contributed by atoms with Crippen molar-refractivity contribution < 1.29 is 4.74 Å². The van der Waals surface area contributed by atoms with E-state index in [9.17, 15) is 0 Å². The van der Waals surface area contributed by atoms with Gasteiger partial charge in [0, 0.05) is 25.0 Å². The summed E-state index contributed by atoms with van der Waals surface area (Å²) in [4.78, 5) is 11.2. The molecule has 0 bridgehead atoms. The first-order valence-electron chi connectivity index (χ1n) is 7.34. The molecule has 1 fully saturated rings. The summed E-state index contributed by atoms with van der Waals surface area (Å²) in [7, 11) is 1.66. The molecule has 1 aromatic heterocycles. The highest BCUT2D eigenvalue weighted by atomic mass is 16.5. The Morgan fingerprint density at radius 1 is 1.05 bits per heavy atom. The zero-order valence-corrected chi connectivity index (χ0v) is 12.2. The number of nitrogens with one attached hydrogen (secondary N) is 1. The highest BCUT2D eigenvalue weighted by Crippen LogP contribution is 2.21. The third-order valence-electron chi connectivity index (χ3n) is 3.67. The first-order chi connectivity index (χ1) is 10.3. The maximum Gasteiger partial charge on any atom is 0.229 e. The van der Waals surface area contributed by atoms with E-state index in [-0.39, 0.29) is 0 Å². The number of rotatable bonds is 4. The van der Waals surface area contributed by atoms with E-state index in [4.69, 9.17) is 4.74 Å². The smallest absolute Gasteiger partial charge is 0.229 e. The zero-order chi connectivity index (χ0) is 14.5. The molecule has 2 heterocycles. The Morgan fingerprint density at radius 3 is 2.52 bits per heavy atom. The van der Waals surface area contributed by atoms with E-state index in [1.165, 1.54) is 19.3 Å². The van der Waals surface area contributed by atoms with Gasteiger partial charge < -0.3 is 15.0 Å². The summed E-state index contributed by atoms with van der Waals surface area (Å²) in [5.41, 5.74) is 0.951. The van der Waals surface area contributed by atoms with Crippen molar-refractivity contribution in [2.45, 2.75) is 19.3 Å². The minimum Gasteiger partial charge on any atom is -0.497 e. The van der Waals surface area contributed by atoms with Gasteiger partial charge in [-0.25, -0.2) is 4.98 Å². The van der Waals surface area contributed by atoms with Crippen LogP contribution in [0.4, 0.5) is 17.5 Å². The Hall–Kier alpha value is -2.30. The molecule has 21 heavy (non-hydrogen) atoms. The molecule has 0 radical (unpaired) electrons. The summed E-state index contributed by atoms with van der Waals surface area (Å²) in [5, 5.41) is 3.23. The fourth-order valence-electron chi connectivity index (χ4n) is 2.51. The van der Waals surface area contributed by atoms with Gasteiger partial charge in [0.25, 0.3) is 0 Å². The van der Waals surface area contributed by atoms with E-state index in [2.05, 4.69) is 20.2 Å². The lowest BCUT2D eigenvalue weighted by atomic mass is 10.1. The van der Waals surface area contributed by atoms with Crippen molar-refractivity contribution >= 4 is 17.5 Å². The Morgan fingerprint density at radius 2 is 1.81 bits per heavy atom. The van der Waals surface area contributed by atoms with Gasteiger partial charge in [-0.3, -0.25) is 0 Å². The van der Waals surface area contributed by atoms with Crippen LogP contribution in [-0.4, -0.2) is 30.2 Å². The number of ether oxygens (including phenoxy) is 1. The summed E-state index contributed by atoms with van der Waals surface area (Å²) < 4.78 is 5.15. The third kappa shape index (κ3) is 3.42. The van der Waals surface area contributed by atoms with Gasteiger partial charge in [0.2, 0.25) is 5.95 Å². The Kier molecular flexibility index (Phi) is 4.19. The molecule has 1 aliphatic rings. The van der Waals surface area contributed by atoms with Crippen LogP contribution in [0.25, 0.3) is 0 Å². The topological polar surface area (TPSA) is 50.3 Å². The van der Waals surface area contributed by atoms with Crippen molar-refractivity contribution in [3.8, 4) is 5.75 Å². The van der Waals surface area contributed by atoms with Crippen molar-refractivity contribution in [2.75, 3.05) is 30.4 Å². The van der Waals surface area contributed by atoms with Gasteiger partial charge in [0.15, 0.2) is 0 Å². The Labute approximate surface area is 125 Å². The zero-order valence-electron chi connectivity index (χ0n) is 12.2. The van der Waals surface area contributed by atoms with Crippen molar-refractivity contribution in [3.63, 3.8) is 0 Å². The first-order valence-corrected chi connectivity index (χ1v) is 7.34. The fraction of sp³-hybridized carbons (Fsp3) is 0.375. The van der Waals surface area contributed by atoms with Crippen LogP contribution in [0.2, 0.25) is 0 Å². The number of piperidine rings is 1. The number of benzene rings is 1. The fourth-order valence-corrected chi connectivity index (χ4v) is 2.51. The summed E-state index contributed by atoms with van der Waals surface area (Å²) >= 11 is 0. The van der Waals surface area contributed by atoms with Gasteiger partial charge in [0.1, 0.15) is 11.6 Å². The standard InChI is InChI=1S/C16H20N4O/c1-21-14-7-5-13(6-8-14)18-16-17-10-9-15(19-16)20-11-3-2-4-12-20/h5-10H,2-4,11-12H2,1H3,(H,17,18,19). The highest BCUT2D eigenvalue weighted by Gasteiger charge is 2.12. The highest BCUT2D eigenvalue weighted by molar-refractivity contribution is 5.56. The van der Waals surface area contributed by atoms with Crippen molar-refractivity contribution in [2.24, 2.45) is 0 Å². The molecule has 110 valence electrons. The van der Waals surface area contributed by atoms with Crippen LogP contribution in [0.3, 0.4) is 0 Å². The van der Waals surface area contributed by atoms with E-state index < -0.39 is 0 Å². The predicted molar refractivity (Wildman–Crippen MR) is 84.4 cm³/mol. The van der Waals surface area contributed by atoms with Gasteiger partial charge in [-0.05, 0) is 49.6 Å². The van der Waals surface area contributed by atoms with Crippen LogP contribution >= 0.6 is 0 Å². The predicted octanol–water partition coefficient (Wildman–Crippen LogP) is 3.22. The normalized spacial score (nSPS) is 14.8. The number of hydrogen-bond donors (Lipinski definition) is 1. The van der Waals surface area contributed by atoms with Gasteiger partial charge in [-0.2, -0.15) is 4.98 Å². The van der Waals surface area contributed by atoms with E-state index in [1.54, 1.807) is 7.11 Å². The van der Waals surface area contributed by atoms with Crippen LogP contribution < -0.4 is 15.0 Å².